The summed E-state index contributed by atoms with van der Waals surface area (Å²) in [5.74, 6) is -2.65. The number of imide groups is 1. The maximum absolute atomic E-state index is 14.4. The number of esters is 1. The Morgan fingerprint density at radius 3 is 1.95 bits per heavy atom. The van der Waals surface area contributed by atoms with Crippen LogP contribution in [0.5, 0.6) is 5.75 Å². The summed E-state index contributed by atoms with van der Waals surface area (Å²) in [6, 6.07) is 32.2. The normalized spacial score (nSPS) is 22.1. The number of fused-ring (bicyclic) bond motifs is 5. The lowest BCUT2D eigenvalue weighted by atomic mass is 9.88. The first-order valence-electron chi connectivity index (χ1n) is 14.0. The molecule has 0 bridgehead atoms. The SMILES string of the molecule is COc1ccccc1N1C(=O)[C@@H]2[C@H](C1=O)[C@@H](C(=O)OC(c1ccccc1)c1ccccc1)N1c3ccccc3C=C[C@H]21. The van der Waals surface area contributed by atoms with Crippen molar-refractivity contribution in [3.05, 3.63) is 132 Å². The van der Waals surface area contributed by atoms with Crippen LogP contribution >= 0.6 is 0 Å². The number of para-hydroxylation sites is 3. The van der Waals surface area contributed by atoms with Gasteiger partial charge < -0.3 is 14.4 Å². The van der Waals surface area contributed by atoms with E-state index in [1.54, 1.807) is 24.3 Å². The minimum absolute atomic E-state index is 0.355. The predicted octanol–water partition coefficient (Wildman–Crippen LogP) is 5.42. The monoisotopic (exact) mass is 556 g/mol. The van der Waals surface area contributed by atoms with Crippen LogP contribution in [0.25, 0.3) is 6.08 Å². The highest BCUT2D eigenvalue weighted by molar-refractivity contribution is 6.25. The summed E-state index contributed by atoms with van der Waals surface area (Å²) in [7, 11) is 1.50. The lowest BCUT2D eigenvalue weighted by Gasteiger charge is -2.36. The Hall–Kier alpha value is -5.17. The molecule has 4 aromatic carbocycles. The number of hydrogen-bond donors (Lipinski definition) is 0. The van der Waals surface area contributed by atoms with Crippen molar-refractivity contribution in [3.63, 3.8) is 0 Å². The van der Waals surface area contributed by atoms with Gasteiger partial charge >= 0.3 is 5.97 Å². The molecule has 0 unspecified atom stereocenters. The van der Waals surface area contributed by atoms with E-state index in [0.29, 0.717) is 11.4 Å². The Kier molecular flexibility index (Phi) is 6.35. The van der Waals surface area contributed by atoms with Crippen molar-refractivity contribution in [2.75, 3.05) is 16.9 Å². The van der Waals surface area contributed by atoms with E-state index in [1.807, 2.05) is 102 Å². The van der Waals surface area contributed by atoms with Crippen molar-refractivity contribution in [1.82, 2.24) is 0 Å². The zero-order chi connectivity index (χ0) is 28.8. The molecule has 4 aromatic rings. The second-order valence-corrected chi connectivity index (χ2v) is 10.6. The van der Waals surface area contributed by atoms with E-state index >= 15 is 0 Å². The second kappa shape index (κ2) is 10.3. The highest BCUT2D eigenvalue weighted by atomic mass is 16.5. The zero-order valence-corrected chi connectivity index (χ0v) is 22.9. The molecular weight excluding hydrogens is 528 g/mol. The van der Waals surface area contributed by atoms with Gasteiger partial charge in [0.15, 0.2) is 6.10 Å². The largest absolute Gasteiger partial charge is 0.495 e. The molecule has 7 heteroatoms. The zero-order valence-electron chi connectivity index (χ0n) is 22.9. The van der Waals surface area contributed by atoms with E-state index in [-0.39, 0.29) is 5.91 Å². The van der Waals surface area contributed by atoms with E-state index in [2.05, 4.69) is 0 Å². The van der Waals surface area contributed by atoms with Gasteiger partial charge in [-0.05, 0) is 34.9 Å². The fraction of sp³-hybridized carbons (Fsp3) is 0.171. The molecule has 2 saturated heterocycles. The summed E-state index contributed by atoms with van der Waals surface area (Å²) < 4.78 is 11.8. The number of carbonyl (C=O) groups excluding carboxylic acids is 3. The summed E-state index contributed by atoms with van der Waals surface area (Å²) in [5, 5.41) is 0. The fourth-order valence-corrected chi connectivity index (χ4v) is 6.61. The molecule has 3 heterocycles. The van der Waals surface area contributed by atoms with Crippen LogP contribution in [-0.4, -0.2) is 37.0 Å². The summed E-state index contributed by atoms with van der Waals surface area (Å²) in [6.45, 7) is 0. The van der Waals surface area contributed by atoms with Gasteiger partial charge in [0.1, 0.15) is 11.8 Å². The third-order valence-corrected chi connectivity index (χ3v) is 8.42. The molecular formula is C35H28N2O5. The minimum Gasteiger partial charge on any atom is -0.495 e. The maximum Gasteiger partial charge on any atom is 0.330 e. The van der Waals surface area contributed by atoms with Crippen LogP contribution in [0.15, 0.2) is 115 Å². The van der Waals surface area contributed by atoms with Gasteiger partial charge in [0.25, 0.3) is 0 Å². The molecule has 7 nitrogen and oxygen atoms in total. The Morgan fingerprint density at radius 2 is 1.29 bits per heavy atom. The topological polar surface area (TPSA) is 76.1 Å². The molecule has 0 spiro atoms. The first-order valence-corrected chi connectivity index (χ1v) is 14.0. The number of methoxy groups -OCH3 is 1. The Morgan fingerprint density at radius 1 is 0.714 bits per heavy atom. The van der Waals surface area contributed by atoms with E-state index in [4.69, 9.17) is 9.47 Å². The van der Waals surface area contributed by atoms with E-state index in [9.17, 15) is 14.4 Å². The molecule has 2 fully saturated rings. The van der Waals surface area contributed by atoms with Crippen molar-refractivity contribution < 1.29 is 23.9 Å². The highest BCUT2D eigenvalue weighted by Gasteiger charge is 2.65. The van der Waals surface area contributed by atoms with Crippen molar-refractivity contribution in [3.8, 4) is 5.75 Å². The Labute approximate surface area is 243 Å². The molecule has 2 amide bonds. The molecule has 208 valence electrons. The van der Waals surface area contributed by atoms with E-state index in [1.165, 1.54) is 12.0 Å². The van der Waals surface area contributed by atoms with Crippen molar-refractivity contribution >= 4 is 35.2 Å². The van der Waals surface area contributed by atoms with Gasteiger partial charge in [-0.25, -0.2) is 9.69 Å². The quantitative estimate of drug-likeness (QED) is 0.233. The lowest BCUT2D eigenvalue weighted by molar-refractivity contribution is -0.151. The molecule has 0 radical (unpaired) electrons. The molecule has 0 aliphatic carbocycles. The molecule has 42 heavy (non-hydrogen) atoms. The molecule has 0 N–H and O–H groups in total. The van der Waals surface area contributed by atoms with Crippen molar-refractivity contribution in [2.45, 2.75) is 18.2 Å². The molecule has 3 aliphatic rings. The van der Waals surface area contributed by atoms with E-state index < -0.39 is 41.9 Å². The summed E-state index contributed by atoms with van der Waals surface area (Å²) >= 11 is 0. The van der Waals surface area contributed by atoms with Gasteiger partial charge in [0.2, 0.25) is 11.8 Å². The number of nitrogens with zero attached hydrogens (tertiary/aromatic N) is 2. The number of carbonyl (C=O) groups is 3. The fourth-order valence-electron chi connectivity index (χ4n) is 6.61. The number of amides is 2. The summed E-state index contributed by atoms with van der Waals surface area (Å²) in [4.78, 5) is 45.9. The molecule has 4 atom stereocenters. The van der Waals surface area contributed by atoms with Gasteiger partial charge in [-0.3, -0.25) is 9.59 Å². The van der Waals surface area contributed by atoms with Gasteiger partial charge in [-0.15, -0.1) is 0 Å². The number of anilines is 2. The number of hydrogen-bond acceptors (Lipinski definition) is 6. The van der Waals surface area contributed by atoms with Crippen LogP contribution in [-0.2, 0) is 19.1 Å². The smallest absolute Gasteiger partial charge is 0.330 e. The van der Waals surface area contributed by atoms with Crippen LogP contribution < -0.4 is 14.5 Å². The number of benzene rings is 4. The van der Waals surface area contributed by atoms with Gasteiger partial charge in [0.05, 0.1) is 30.7 Å². The van der Waals surface area contributed by atoms with Crippen molar-refractivity contribution in [2.24, 2.45) is 11.8 Å². The van der Waals surface area contributed by atoms with Crippen LogP contribution in [0.1, 0.15) is 22.8 Å². The highest BCUT2D eigenvalue weighted by Crippen LogP contribution is 2.50. The van der Waals surface area contributed by atoms with Crippen molar-refractivity contribution in [1.29, 1.82) is 0 Å². The Balaban J connectivity index is 1.33. The van der Waals surface area contributed by atoms with Crippen LogP contribution in [0.2, 0.25) is 0 Å². The summed E-state index contributed by atoms with van der Waals surface area (Å²) in [5.41, 5.74) is 3.70. The predicted molar refractivity (Wildman–Crippen MR) is 159 cm³/mol. The first kappa shape index (κ1) is 25.8. The van der Waals surface area contributed by atoms with Crippen LogP contribution in [0.3, 0.4) is 0 Å². The van der Waals surface area contributed by atoms with Gasteiger partial charge in [0, 0.05) is 5.69 Å². The van der Waals surface area contributed by atoms with Gasteiger partial charge in [-0.1, -0.05) is 103 Å². The average Bonchev–Trinajstić information content (AvgIpc) is 3.52. The number of ether oxygens (including phenoxy) is 2. The maximum atomic E-state index is 14.4. The standard InChI is InChI=1S/C35H28N2O5/c1-41-28-19-11-10-18-26(28)37-33(38)29-27-21-20-22-12-8-9-17-25(22)36(27)31(30(29)34(37)39)35(40)42-32(23-13-4-2-5-14-23)24-15-6-3-7-16-24/h2-21,27,29-32H,1H3/t27-,29+,30+,31+/m1/s1. The molecule has 0 aromatic heterocycles. The molecule has 0 saturated carbocycles. The van der Waals surface area contributed by atoms with Crippen LogP contribution in [0, 0.1) is 11.8 Å². The third kappa shape index (κ3) is 4.00. The Bertz CT molecular complexity index is 1660. The second-order valence-electron chi connectivity index (χ2n) is 10.6. The number of rotatable bonds is 6. The first-order chi connectivity index (χ1) is 20.6. The molecule has 3 aliphatic heterocycles. The third-order valence-electron chi connectivity index (χ3n) is 8.42. The molecule has 7 rings (SSSR count). The van der Waals surface area contributed by atoms with E-state index in [0.717, 1.165) is 22.4 Å². The lowest BCUT2D eigenvalue weighted by Crippen LogP contribution is -2.49. The van der Waals surface area contributed by atoms with Gasteiger partial charge in [-0.2, -0.15) is 0 Å². The average molecular weight is 557 g/mol. The minimum atomic E-state index is -1.02. The van der Waals surface area contributed by atoms with Crippen LogP contribution in [0.4, 0.5) is 11.4 Å². The summed E-state index contributed by atoms with van der Waals surface area (Å²) in [6.07, 6.45) is 3.20.